The smallest absolute Gasteiger partial charge is 0.352 e. The van der Waals surface area contributed by atoms with Crippen LogP contribution in [0.5, 0.6) is 11.5 Å². The third kappa shape index (κ3) is 4.78. The number of rotatable bonds is 6. The van der Waals surface area contributed by atoms with Gasteiger partial charge in [-0.15, -0.1) is 0 Å². The molecule has 1 aliphatic carbocycles. The zero-order valence-electron chi connectivity index (χ0n) is 19.2. The third-order valence-corrected chi connectivity index (χ3v) is 7.15. The Morgan fingerprint density at radius 2 is 1.51 bits per heavy atom. The van der Waals surface area contributed by atoms with Crippen LogP contribution in [-0.2, 0) is 9.59 Å². The molecule has 0 amide bonds. The van der Waals surface area contributed by atoms with Crippen LogP contribution in [-0.4, -0.2) is 40.1 Å². The number of nitrogens with zero attached hydrogens (tertiary/aromatic N) is 1. The minimum Gasteiger partial charge on any atom is -0.478 e. The number of aliphatic carboxylic acids is 2. The molecule has 0 spiro atoms. The lowest BCUT2D eigenvalue weighted by Crippen LogP contribution is -2.43. The van der Waals surface area contributed by atoms with Crippen molar-refractivity contribution in [2.45, 2.75) is 24.7 Å². The number of carboxylic acids is 2. The van der Waals surface area contributed by atoms with Crippen molar-refractivity contribution in [3.05, 3.63) is 107 Å². The molecule has 0 bridgehead atoms. The van der Waals surface area contributed by atoms with E-state index in [2.05, 4.69) is 24.3 Å². The van der Waals surface area contributed by atoms with E-state index >= 15 is 0 Å². The Morgan fingerprint density at radius 1 is 0.857 bits per heavy atom. The molecule has 0 aromatic heterocycles. The lowest BCUT2D eigenvalue weighted by Gasteiger charge is -2.45. The molecule has 1 saturated heterocycles. The summed E-state index contributed by atoms with van der Waals surface area (Å²) < 4.78 is 5.96. The zero-order valence-corrected chi connectivity index (χ0v) is 19.2. The maximum atomic E-state index is 11.7. The van der Waals surface area contributed by atoms with Crippen LogP contribution in [0.4, 0.5) is 0 Å². The number of para-hydroxylation sites is 1. The van der Waals surface area contributed by atoms with E-state index in [1.54, 1.807) is 4.90 Å². The highest BCUT2D eigenvalue weighted by molar-refractivity contribution is 5.94. The van der Waals surface area contributed by atoms with Gasteiger partial charge < -0.3 is 19.8 Å². The molecule has 2 N–H and O–H groups in total. The average Bonchev–Trinajstić information content (AvgIpc) is 2.87. The molecule has 2 aliphatic rings. The zero-order chi connectivity index (χ0) is 24.4. The van der Waals surface area contributed by atoms with Crippen molar-refractivity contribution in [3.63, 3.8) is 0 Å². The summed E-state index contributed by atoms with van der Waals surface area (Å²) in [5.74, 6) is -0.0471. The summed E-state index contributed by atoms with van der Waals surface area (Å²) in [6, 6.07) is 26.4. The first-order valence-electron chi connectivity index (χ1n) is 11.8. The van der Waals surface area contributed by atoms with Gasteiger partial charge in [-0.2, -0.15) is 0 Å². The van der Waals surface area contributed by atoms with Crippen molar-refractivity contribution in [2.24, 2.45) is 5.92 Å². The van der Waals surface area contributed by atoms with E-state index in [1.165, 1.54) is 16.7 Å². The van der Waals surface area contributed by atoms with Crippen molar-refractivity contribution in [3.8, 4) is 11.5 Å². The van der Waals surface area contributed by atoms with Gasteiger partial charge in [0, 0.05) is 24.9 Å². The summed E-state index contributed by atoms with van der Waals surface area (Å²) in [5.41, 5.74) is 3.56. The predicted octanol–water partition coefficient (Wildman–Crippen LogP) is 5.47. The van der Waals surface area contributed by atoms with E-state index in [-0.39, 0.29) is 17.5 Å². The first-order valence-corrected chi connectivity index (χ1v) is 11.8. The number of ether oxygens (including phenoxy) is 1. The van der Waals surface area contributed by atoms with Crippen LogP contribution in [0.15, 0.2) is 90.6 Å². The first-order chi connectivity index (χ1) is 17.0. The van der Waals surface area contributed by atoms with Gasteiger partial charge in [-0.25, -0.2) is 9.59 Å². The Labute approximate surface area is 204 Å². The molecule has 5 rings (SSSR count). The molecule has 3 aromatic rings. The Bertz CT molecular complexity index is 1250. The second kappa shape index (κ2) is 9.66. The fourth-order valence-electron chi connectivity index (χ4n) is 5.56. The Kier molecular flexibility index (Phi) is 6.27. The van der Waals surface area contributed by atoms with Gasteiger partial charge >= 0.3 is 11.9 Å². The number of hydrogen-bond acceptors (Lipinski definition) is 4. The second-order valence-electron chi connectivity index (χ2n) is 9.18. The minimum absolute atomic E-state index is 0.149. The van der Waals surface area contributed by atoms with Crippen LogP contribution in [0.3, 0.4) is 0 Å². The molecule has 3 aromatic carbocycles. The highest BCUT2D eigenvalue weighted by Crippen LogP contribution is 2.49. The molecular weight excluding hydrogens is 442 g/mol. The number of fused-ring (bicyclic) bond motifs is 3. The Hall–Kier alpha value is -4.06. The van der Waals surface area contributed by atoms with Gasteiger partial charge in [-0.05, 0) is 59.7 Å². The lowest BCUT2D eigenvalue weighted by molar-refractivity contribution is -0.136. The fraction of sp³-hybridized carbons (Fsp3) is 0.241. The highest BCUT2D eigenvalue weighted by Gasteiger charge is 2.40. The van der Waals surface area contributed by atoms with Gasteiger partial charge in [-0.1, -0.05) is 54.6 Å². The van der Waals surface area contributed by atoms with E-state index in [1.807, 2.05) is 54.6 Å². The van der Waals surface area contributed by atoms with Crippen molar-refractivity contribution >= 4 is 11.9 Å². The normalized spacial score (nSPS) is 21.5. The third-order valence-electron chi connectivity index (χ3n) is 7.15. The van der Waals surface area contributed by atoms with Gasteiger partial charge in [0.05, 0.1) is 6.08 Å². The van der Waals surface area contributed by atoms with Crippen LogP contribution in [0.2, 0.25) is 0 Å². The molecule has 35 heavy (non-hydrogen) atoms. The quantitative estimate of drug-likeness (QED) is 0.466. The van der Waals surface area contributed by atoms with Gasteiger partial charge in [0.1, 0.15) is 17.2 Å². The first kappa shape index (κ1) is 22.7. The van der Waals surface area contributed by atoms with E-state index in [0.29, 0.717) is 19.0 Å². The monoisotopic (exact) mass is 469 g/mol. The standard InChI is InChI=1S/C29H27NO5/c31-28(32)17-27(29(33)34)30-15-14-20-16-25(23-8-4-5-9-24(23)26(20)18-30)19-10-12-22(13-11-19)35-21-6-2-1-3-7-21/h1-13,17,20,25-26H,14-16,18H2,(H,31,32)(H,33,34). The number of piperidine rings is 1. The van der Waals surface area contributed by atoms with Crippen molar-refractivity contribution in [2.75, 3.05) is 13.1 Å². The van der Waals surface area contributed by atoms with Gasteiger partial charge in [0.2, 0.25) is 0 Å². The SMILES string of the molecule is O=C(O)C=C(C(=O)O)N1CCC2CC(c3ccc(Oc4ccccc4)cc3)c3ccccc3C2C1. The summed E-state index contributed by atoms with van der Waals surface area (Å²) in [5, 5.41) is 18.7. The second-order valence-corrected chi connectivity index (χ2v) is 9.18. The van der Waals surface area contributed by atoms with Gasteiger partial charge in [0.25, 0.3) is 0 Å². The Morgan fingerprint density at radius 3 is 2.20 bits per heavy atom. The maximum absolute atomic E-state index is 11.7. The van der Waals surface area contributed by atoms with E-state index < -0.39 is 11.9 Å². The van der Waals surface area contributed by atoms with Gasteiger partial charge in [-0.3, -0.25) is 0 Å². The largest absolute Gasteiger partial charge is 0.478 e. The molecule has 178 valence electrons. The predicted molar refractivity (Wildman–Crippen MR) is 132 cm³/mol. The van der Waals surface area contributed by atoms with E-state index in [4.69, 9.17) is 9.84 Å². The van der Waals surface area contributed by atoms with E-state index in [9.17, 15) is 14.7 Å². The molecule has 0 saturated carbocycles. The molecule has 1 heterocycles. The van der Waals surface area contributed by atoms with Gasteiger partial charge in [0.15, 0.2) is 0 Å². The number of likely N-dealkylation sites (tertiary alicyclic amines) is 1. The molecule has 1 fully saturated rings. The maximum Gasteiger partial charge on any atom is 0.352 e. The summed E-state index contributed by atoms with van der Waals surface area (Å²) in [6.07, 6.45) is 2.59. The molecule has 0 radical (unpaired) electrons. The summed E-state index contributed by atoms with van der Waals surface area (Å²) in [7, 11) is 0. The van der Waals surface area contributed by atoms with Crippen LogP contribution in [0, 0.1) is 5.92 Å². The summed E-state index contributed by atoms with van der Waals surface area (Å²) >= 11 is 0. The molecular formula is C29H27NO5. The average molecular weight is 470 g/mol. The van der Waals surface area contributed by atoms with E-state index in [0.717, 1.165) is 30.4 Å². The fourth-order valence-corrected chi connectivity index (χ4v) is 5.56. The molecule has 1 aliphatic heterocycles. The van der Waals surface area contributed by atoms with Crippen molar-refractivity contribution in [1.29, 1.82) is 0 Å². The van der Waals surface area contributed by atoms with Crippen molar-refractivity contribution in [1.82, 2.24) is 4.90 Å². The minimum atomic E-state index is -1.24. The molecule has 3 atom stereocenters. The van der Waals surface area contributed by atoms with Crippen LogP contribution < -0.4 is 4.74 Å². The highest BCUT2D eigenvalue weighted by atomic mass is 16.5. The van der Waals surface area contributed by atoms with Crippen LogP contribution in [0.25, 0.3) is 0 Å². The van der Waals surface area contributed by atoms with Crippen molar-refractivity contribution < 1.29 is 24.5 Å². The molecule has 6 heteroatoms. The molecule has 3 unspecified atom stereocenters. The number of carboxylic acid groups (broad SMARTS) is 2. The number of hydrogen-bond donors (Lipinski definition) is 2. The summed E-state index contributed by atoms with van der Waals surface area (Å²) in [6.45, 7) is 1.04. The lowest BCUT2D eigenvalue weighted by atomic mass is 9.66. The number of carbonyl (C=O) groups is 2. The topological polar surface area (TPSA) is 87.1 Å². The Balaban J connectivity index is 1.40. The summed E-state index contributed by atoms with van der Waals surface area (Å²) in [4.78, 5) is 24.6. The molecule has 6 nitrogen and oxygen atoms in total. The van der Waals surface area contributed by atoms with Crippen LogP contribution in [0.1, 0.15) is 41.4 Å². The number of benzene rings is 3. The van der Waals surface area contributed by atoms with Crippen LogP contribution >= 0.6 is 0 Å².